The Morgan fingerprint density at radius 3 is 2.12 bits per heavy atom. The zero-order valence-corrected chi connectivity index (χ0v) is 15.9. The number of nitrogens with one attached hydrogen (secondary N) is 1. The molecular formula is C18H21ClN2O3S. The SMILES string of the molecule is C[C@H](C(=O)N[C@H](C)c1ccccc1)N(c1ccc(Cl)cc1)S(C)(=O)=O. The standard InChI is InChI=1S/C18H21ClN2O3S/c1-13(15-7-5-4-6-8-15)20-18(22)14(2)21(25(3,23)24)17-11-9-16(19)10-12-17/h4-14H,1-3H3,(H,20,22)/t13-,14-/m1/s1. The number of rotatable bonds is 6. The van der Waals surface area contributed by atoms with E-state index >= 15 is 0 Å². The summed E-state index contributed by atoms with van der Waals surface area (Å²) in [6, 6.07) is 14.7. The highest BCUT2D eigenvalue weighted by atomic mass is 35.5. The number of hydrogen-bond acceptors (Lipinski definition) is 3. The lowest BCUT2D eigenvalue weighted by molar-refractivity contribution is -0.122. The van der Waals surface area contributed by atoms with Gasteiger partial charge in [-0.3, -0.25) is 9.10 Å². The van der Waals surface area contributed by atoms with Gasteiger partial charge < -0.3 is 5.32 Å². The second-order valence-electron chi connectivity index (χ2n) is 5.85. The van der Waals surface area contributed by atoms with Gasteiger partial charge in [0.25, 0.3) is 0 Å². The Kier molecular flexibility index (Phi) is 6.08. The predicted octanol–water partition coefficient (Wildman–Crippen LogP) is 3.37. The monoisotopic (exact) mass is 380 g/mol. The minimum atomic E-state index is -3.65. The molecule has 0 saturated heterocycles. The lowest BCUT2D eigenvalue weighted by atomic mass is 10.1. The Morgan fingerprint density at radius 2 is 1.60 bits per heavy atom. The average Bonchev–Trinajstić information content (AvgIpc) is 2.56. The van der Waals surface area contributed by atoms with Gasteiger partial charge in [0.15, 0.2) is 0 Å². The van der Waals surface area contributed by atoms with Crippen molar-refractivity contribution in [1.29, 1.82) is 0 Å². The number of halogens is 1. The van der Waals surface area contributed by atoms with Crippen molar-refractivity contribution < 1.29 is 13.2 Å². The Bertz CT molecular complexity index is 823. The first-order valence-electron chi connectivity index (χ1n) is 7.80. The molecular weight excluding hydrogens is 360 g/mol. The molecule has 2 aromatic carbocycles. The number of sulfonamides is 1. The van der Waals surface area contributed by atoms with Crippen molar-refractivity contribution in [2.45, 2.75) is 25.9 Å². The van der Waals surface area contributed by atoms with Gasteiger partial charge in [-0.25, -0.2) is 8.42 Å². The molecule has 7 heteroatoms. The first-order valence-corrected chi connectivity index (χ1v) is 10.0. The molecule has 5 nitrogen and oxygen atoms in total. The molecule has 0 saturated carbocycles. The average molecular weight is 381 g/mol. The summed E-state index contributed by atoms with van der Waals surface area (Å²) in [5.41, 5.74) is 1.34. The Labute approximate surface area is 153 Å². The van der Waals surface area contributed by atoms with Gasteiger partial charge in [0.2, 0.25) is 15.9 Å². The molecule has 2 atom stereocenters. The van der Waals surface area contributed by atoms with Crippen LogP contribution in [0.3, 0.4) is 0 Å². The van der Waals surface area contributed by atoms with Crippen LogP contribution in [0.1, 0.15) is 25.5 Å². The van der Waals surface area contributed by atoms with E-state index in [1.165, 1.54) is 0 Å². The third kappa shape index (κ3) is 4.96. The molecule has 0 aliphatic heterocycles. The third-order valence-corrected chi connectivity index (χ3v) is 5.32. The van der Waals surface area contributed by atoms with Crippen LogP contribution in [0.5, 0.6) is 0 Å². The summed E-state index contributed by atoms with van der Waals surface area (Å²) in [6.07, 6.45) is 1.08. The first kappa shape index (κ1) is 19.3. The number of benzene rings is 2. The number of carbonyl (C=O) groups is 1. The fourth-order valence-corrected chi connectivity index (χ4v) is 3.86. The van der Waals surface area contributed by atoms with Gasteiger partial charge in [-0.1, -0.05) is 41.9 Å². The molecule has 134 valence electrons. The summed E-state index contributed by atoms with van der Waals surface area (Å²) < 4.78 is 25.6. The fraction of sp³-hybridized carbons (Fsp3) is 0.278. The number of hydrogen-bond donors (Lipinski definition) is 1. The van der Waals surface area contributed by atoms with Crippen molar-refractivity contribution in [3.63, 3.8) is 0 Å². The number of carbonyl (C=O) groups excluding carboxylic acids is 1. The predicted molar refractivity (Wildman–Crippen MR) is 101 cm³/mol. The van der Waals surface area contributed by atoms with Gasteiger partial charge in [0.05, 0.1) is 18.0 Å². The first-order chi connectivity index (χ1) is 11.7. The second-order valence-corrected chi connectivity index (χ2v) is 8.15. The second kappa shape index (κ2) is 7.89. The Balaban J connectivity index is 2.23. The molecule has 1 N–H and O–H groups in total. The highest BCUT2D eigenvalue weighted by Crippen LogP contribution is 2.23. The fourth-order valence-electron chi connectivity index (χ4n) is 2.56. The summed E-state index contributed by atoms with van der Waals surface area (Å²) in [7, 11) is -3.65. The van der Waals surface area contributed by atoms with Crippen LogP contribution in [0.15, 0.2) is 54.6 Å². The summed E-state index contributed by atoms with van der Waals surface area (Å²) in [4.78, 5) is 12.6. The number of amides is 1. The molecule has 0 spiro atoms. The minimum Gasteiger partial charge on any atom is -0.348 e. The normalized spacial score (nSPS) is 13.8. The summed E-state index contributed by atoms with van der Waals surface area (Å²) in [6.45, 7) is 3.41. The van der Waals surface area contributed by atoms with Crippen molar-refractivity contribution in [2.24, 2.45) is 0 Å². The van der Waals surface area contributed by atoms with E-state index in [2.05, 4.69) is 5.32 Å². The van der Waals surface area contributed by atoms with Crippen LogP contribution in [0.2, 0.25) is 5.02 Å². The quantitative estimate of drug-likeness (QED) is 0.835. The summed E-state index contributed by atoms with van der Waals surface area (Å²) in [5.74, 6) is -0.378. The van der Waals surface area contributed by atoms with Crippen LogP contribution in [0.25, 0.3) is 0 Å². The minimum absolute atomic E-state index is 0.234. The van der Waals surface area contributed by atoms with Gasteiger partial charge in [-0.15, -0.1) is 0 Å². The molecule has 2 rings (SSSR count). The molecule has 25 heavy (non-hydrogen) atoms. The van der Waals surface area contributed by atoms with E-state index in [9.17, 15) is 13.2 Å². The van der Waals surface area contributed by atoms with Gasteiger partial charge >= 0.3 is 0 Å². The molecule has 0 aliphatic carbocycles. The highest BCUT2D eigenvalue weighted by Gasteiger charge is 2.29. The third-order valence-electron chi connectivity index (χ3n) is 3.83. The summed E-state index contributed by atoms with van der Waals surface area (Å²) in [5, 5.41) is 3.35. The van der Waals surface area contributed by atoms with Gasteiger partial charge in [0, 0.05) is 5.02 Å². The van der Waals surface area contributed by atoms with Gasteiger partial charge in [-0.2, -0.15) is 0 Å². The van der Waals surface area contributed by atoms with Crippen molar-refractivity contribution in [3.8, 4) is 0 Å². The van der Waals surface area contributed by atoms with Crippen LogP contribution >= 0.6 is 11.6 Å². The van der Waals surface area contributed by atoms with Crippen LogP contribution in [-0.4, -0.2) is 26.6 Å². The van der Waals surface area contributed by atoms with Crippen LogP contribution in [0, 0.1) is 0 Å². The molecule has 0 radical (unpaired) electrons. The van der Waals surface area contributed by atoms with E-state index in [-0.39, 0.29) is 11.9 Å². The van der Waals surface area contributed by atoms with Crippen LogP contribution in [-0.2, 0) is 14.8 Å². The van der Waals surface area contributed by atoms with E-state index in [1.807, 2.05) is 37.3 Å². The molecule has 0 unspecified atom stereocenters. The highest BCUT2D eigenvalue weighted by molar-refractivity contribution is 7.92. The van der Waals surface area contributed by atoms with Gasteiger partial charge in [-0.05, 0) is 43.7 Å². The molecule has 0 aliphatic rings. The van der Waals surface area contributed by atoms with Crippen LogP contribution in [0.4, 0.5) is 5.69 Å². The maximum Gasteiger partial charge on any atom is 0.244 e. The van der Waals surface area contributed by atoms with Gasteiger partial charge in [0.1, 0.15) is 6.04 Å². The van der Waals surface area contributed by atoms with Crippen LogP contribution < -0.4 is 9.62 Å². The summed E-state index contributed by atoms with van der Waals surface area (Å²) >= 11 is 5.86. The zero-order valence-electron chi connectivity index (χ0n) is 14.3. The van der Waals surface area contributed by atoms with E-state index in [1.54, 1.807) is 31.2 Å². The van der Waals surface area contributed by atoms with E-state index < -0.39 is 16.1 Å². The van der Waals surface area contributed by atoms with Crippen molar-refractivity contribution >= 4 is 33.2 Å². The van der Waals surface area contributed by atoms with Crippen molar-refractivity contribution in [1.82, 2.24) is 5.32 Å². The topological polar surface area (TPSA) is 66.5 Å². The maximum atomic E-state index is 12.6. The number of nitrogens with zero attached hydrogens (tertiary/aromatic N) is 1. The smallest absolute Gasteiger partial charge is 0.244 e. The molecule has 1 amide bonds. The largest absolute Gasteiger partial charge is 0.348 e. The molecule has 0 aromatic heterocycles. The van der Waals surface area contributed by atoms with E-state index in [0.717, 1.165) is 16.1 Å². The zero-order chi connectivity index (χ0) is 18.6. The lowest BCUT2D eigenvalue weighted by Gasteiger charge is -2.29. The van der Waals surface area contributed by atoms with E-state index in [4.69, 9.17) is 11.6 Å². The molecule has 0 fully saturated rings. The number of anilines is 1. The van der Waals surface area contributed by atoms with E-state index in [0.29, 0.717) is 10.7 Å². The van der Waals surface area contributed by atoms with Crippen molar-refractivity contribution in [3.05, 3.63) is 65.2 Å². The van der Waals surface area contributed by atoms with Crippen molar-refractivity contribution in [2.75, 3.05) is 10.6 Å². The molecule has 2 aromatic rings. The molecule has 0 bridgehead atoms. The maximum absolute atomic E-state index is 12.6. The lowest BCUT2D eigenvalue weighted by Crippen LogP contribution is -2.48. The Hall–Kier alpha value is -2.05. The Morgan fingerprint density at radius 1 is 1.04 bits per heavy atom. The molecule has 0 heterocycles.